The number of nitrogens with one attached hydrogen (secondary N) is 2. The number of fused-ring (bicyclic) bond motifs is 3. The zero-order valence-electron chi connectivity index (χ0n) is 16.7. The molecule has 1 aromatic carbocycles. The third kappa shape index (κ3) is 3.26. The van der Waals surface area contributed by atoms with Crippen LogP contribution in [0.25, 0.3) is 11.3 Å². The van der Waals surface area contributed by atoms with Crippen LogP contribution in [0.4, 0.5) is 5.69 Å². The number of aromatic hydroxyl groups is 1. The molecular weight excluding hydrogens is 406 g/mol. The van der Waals surface area contributed by atoms with Gasteiger partial charge >= 0.3 is 5.97 Å². The maximum Gasteiger partial charge on any atom is 0.345 e. The lowest BCUT2D eigenvalue weighted by Crippen LogP contribution is -2.29. The van der Waals surface area contributed by atoms with Crippen LogP contribution in [-0.2, 0) is 12.8 Å². The van der Waals surface area contributed by atoms with E-state index in [-0.39, 0.29) is 12.4 Å². The van der Waals surface area contributed by atoms with Crippen molar-refractivity contribution >= 4 is 24.1 Å². The summed E-state index contributed by atoms with van der Waals surface area (Å²) < 4.78 is 0. The van der Waals surface area contributed by atoms with E-state index in [1.165, 1.54) is 18.5 Å². The van der Waals surface area contributed by atoms with Gasteiger partial charge in [-0.25, -0.2) is 4.79 Å². The third-order valence-corrected chi connectivity index (χ3v) is 6.87. The van der Waals surface area contributed by atoms with Gasteiger partial charge in [0.1, 0.15) is 5.75 Å². The summed E-state index contributed by atoms with van der Waals surface area (Å²) in [6, 6.07) is 6.28. The molecule has 1 atom stereocenters. The highest BCUT2D eigenvalue weighted by molar-refractivity contribution is 5.92. The first kappa shape index (κ1) is 20.8. The number of benzene rings is 1. The van der Waals surface area contributed by atoms with E-state index in [1.54, 1.807) is 0 Å². The largest absolute Gasteiger partial charge is 0.506 e. The standard InChI is InChI=1S/C22H25N3O4.ClH/c26-19-16-3-1-2-13-10-14(25-9-7-22(12-25)6-8-23-11-22)4-5-15(13)18(16)24-20(27)17(19)21(28)29;/h4-5,10,23H,1-3,6-9,11-12H2,(H,28,29)(H2,24,26,27);1H. The number of rotatable bonds is 2. The van der Waals surface area contributed by atoms with Gasteiger partial charge in [0, 0.05) is 41.9 Å². The van der Waals surface area contributed by atoms with E-state index in [9.17, 15) is 19.8 Å². The number of aromatic carboxylic acids is 1. The van der Waals surface area contributed by atoms with Gasteiger partial charge in [-0.1, -0.05) is 6.07 Å². The second kappa shape index (κ2) is 7.63. The van der Waals surface area contributed by atoms with Gasteiger partial charge in [-0.05, 0) is 56.3 Å². The second-order valence-electron chi connectivity index (χ2n) is 8.63. The number of halogens is 1. The van der Waals surface area contributed by atoms with Crippen LogP contribution in [-0.4, -0.2) is 47.3 Å². The summed E-state index contributed by atoms with van der Waals surface area (Å²) >= 11 is 0. The molecule has 0 bridgehead atoms. The molecule has 1 unspecified atom stereocenters. The molecule has 3 aliphatic rings. The molecule has 2 aliphatic heterocycles. The summed E-state index contributed by atoms with van der Waals surface area (Å²) in [6.45, 7) is 4.31. The smallest absolute Gasteiger partial charge is 0.345 e. The molecule has 3 heterocycles. The lowest BCUT2D eigenvalue weighted by atomic mass is 9.86. The summed E-state index contributed by atoms with van der Waals surface area (Å²) in [5, 5.41) is 23.2. The van der Waals surface area contributed by atoms with Crippen LogP contribution in [0.15, 0.2) is 23.0 Å². The number of anilines is 1. The van der Waals surface area contributed by atoms with E-state index in [2.05, 4.69) is 27.3 Å². The molecule has 0 amide bonds. The molecule has 1 spiro atoms. The van der Waals surface area contributed by atoms with Gasteiger partial charge in [-0.15, -0.1) is 12.4 Å². The van der Waals surface area contributed by atoms with Crippen molar-refractivity contribution in [1.29, 1.82) is 0 Å². The molecule has 1 aliphatic carbocycles. The molecule has 4 N–H and O–H groups in total. The van der Waals surface area contributed by atoms with Crippen LogP contribution in [0.2, 0.25) is 0 Å². The summed E-state index contributed by atoms with van der Waals surface area (Å²) in [4.78, 5) is 28.8. The van der Waals surface area contributed by atoms with Crippen LogP contribution < -0.4 is 15.8 Å². The predicted octanol–water partition coefficient (Wildman–Crippen LogP) is 2.55. The molecular formula is C22H26ClN3O4. The summed E-state index contributed by atoms with van der Waals surface area (Å²) in [7, 11) is 0. The van der Waals surface area contributed by atoms with Gasteiger partial charge < -0.3 is 25.4 Å². The number of pyridine rings is 1. The first-order chi connectivity index (χ1) is 14.0. The fraction of sp³-hybridized carbons (Fsp3) is 0.455. The lowest BCUT2D eigenvalue weighted by Gasteiger charge is -2.25. The molecule has 8 heteroatoms. The van der Waals surface area contributed by atoms with E-state index in [1.807, 2.05) is 6.07 Å². The van der Waals surface area contributed by atoms with Crippen molar-refractivity contribution in [3.63, 3.8) is 0 Å². The number of aromatic nitrogens is 1. The Morgan fingerprint density at radius 2 is 2.03 bits per heavy atom. The molecule has 0 saturated carbocycles. The van der Waals surface area contributed by atoms with E-state index in [0.717, 1.165) is 50.1 Å². The first-order valence-corrected chi connectivity index (χ1v) is 10.3. The lowest BCUT2D eigenvalue weighted by molar-refractivity contribution is 0.0691. The monoisotopic (exact) mass is 431 g/mol. The van der Waals surface area contributed by atoms with Gasteiger partial charge in [-0.3, -0.25) is 4.79 Å². The number of nitrogens with zero attached hydrogens (tertiary/aromatic N) is 1. The van der Waals surface area contributed by atoms with Crippen LogP contribution >= 0.6 is 12.4 Å². The number of aryl methyl sites for hydroxylation is 1. The quantitative estimate of drug-likeness (QED) is 0.582. The molecule has 0 radical (unpaired) electrons. The van der Waals surface area contributed by atoms with Crippen molar-refractivity contribution in [2.24, 2.45) is 5.41 Å². The Labute approximate surface area is 180 Å². The molecule has 2 aromatic rings. The first-order valence-electron chi connectivity index (χ1n) is 10.3. The van der Waals surface area contributed by atoms with Crippen molar-refractivity contribution in [3.8, 4) is 17.0 Å². The van der Waals surface area contributed by atoms with Gasteiger partial charge in [0.05, 0.1) is 5.69 Å². The fourth-order valence-corrected chi connectivity index (χ4v) is 5.28. The van der Waals surface area contributed by atoms with Gasteiger partial charge in [0.15, 0.2) is 5.56 Å². The zero-order valence-corrected chi connectivity index (χ0v) is 17.5. The molecule has 1 aromatic heterocycles. The normalized spacial score (nSPS) is 22.3. The second-order valence-corrected chi connectivity index (χ2v) is 8.63. The molecule has 7 nitrogen and oxygen atoms in total. The van der Waals surface area contributed by atoms with Crippen molar-refractivity contribution in [2.75, 3.05) is 31.1 Å². The highest BCUT2D eigenvalue weighted by Gasteiger charge is 2.40. The Morgan fingerprint density at radius 1 is 1.20 bits per heavy atom. The Balaban J connectivity index is 0.00000218. The molecule has 160 valence electrons. The van der Waals surface area contributed by atoms with E-state index >= 15 is 0 Å². The summed E-state index contributed by atoms with van der Waals surface area (Å²) in [6.07, 6.45) is 4.58. The number of carboxylic acid groups (broad SMARTS) is 1. The number of hydrogen-bond acceptors (Lipinski definition) is 5. The number of hydrogen-bond donors (Lipinski definition) is 4. The predicted molar refractivity (Wildman–Crippen MR) is 117 cm³/mol. The maximum absolute atomic E-state index is 12.3. The maximum atomic E-state index is 12.3. The van der Waals surface area contributed by atoms with Gasteiger partial charge in [-0.2, -0.15) is 0 Å². The highest BCUT2D eigenvalue weighted by atomic mass is 35.5. The van der Waals surface area contributed by atoms with Crippen LogP contribution in [0.5, 0.6) is 5.75 Å². The topological polar surface area (TPSA) is 106 Å². The average Bonchev–Trinajstić information content (AvgIpc) is 3.28. The summed E-state index contributed by atoms with van der Waals surface area (Å²) in [5.74, 6) is -1.81. The molecule has 5 rings (SSSR count). The van der Waals surface area contributed by atoms with Crippen molar-refractivity contribution in [3.05, 3.63) is 45.2 Å². The minimum atomic E-state index is -1.41. The Hall–Kier alpha value is -2.51. The number of aromatic amines is 1. The summed E-state index contributed by atoms with van der Waals surface area (Å²) in [5.41, 5.74) is 3.33. The molecule has 2 fully saturated rings. The number of carbonyl (C=O) groups is 1. The van der Waals surface area contributed by atoms with Crippen LogP contribution in [0.3, 0.4) is 0 Å². The van der Waals surface area contributed by atoms with Crippen molar-refractivity contribution in [2.45, 2.75) is 32.1 Å². The van der Waals surface area contributed by atoms with E-state index < -0.39 is 22.8 Å². The van der Waals surface area contributed by atoms with Crippen molar-refractivity contribution < 1.29 is 15.0 Å². The van der Waals surface area contributed by atoms with Crippen LogP contribution in [0.1, 0.15) is 40.7 Å². The number of carboxylic acids is 1. The molecule has 2 saturated heterocycles. The van der Waals surface area contributed by atoms with E-state index in [4.69, 9.17) is 0 Å². The molecule has 30 heavy (non-hydrogen) atoms. The van der Waals surface area contributed by atoms with Crippen LogP contribution in [0, 0.1) is 5.41 Å². The fourth-order valence-electron chi connectivity index (χ4n) is 5.28. The minimum absolute atomic E-state index is 0. The average molecular weight is 432 g/mol. The minimum Gasteiger partial charge on any atom is -0.506 e. The van der Waals surface area contributed by atoms with Gasteiger partial charge in [0.25, 0.3) is 5.56 Å². The Morgan fingerprint density at radius 3 is 2.77 bits per heavy atom. The van der Waals surface area contributed by atoms with E-state index in [0.29, 0.717) is 23.1 Å². The Bertz CT molecular complexity index is 1060. The number of H-pyrrole nitrogens is 1. The SMILES string of the molecule is Cl.O=C(O)c1c(O)c2c([nH]c1=O)-c1ccc(N3CCC4(CCNC4)C3)cc1CCC2. The van der Waals surface area contributed by atoms with Crippen molar-refractivity contribution in [1.82, 2.24) is 10.3 Å². The third-order valence-electron chi connectivity index (χ3n) is 6.87. The highest BCUT2D eigenvalue weighted by Crippen LogP contribution is 2.41. The van der Waals surface area contributed by atoms with Gasteiger partial charge in [0.2, 0.25) is 0 Å². The Kier molecular flexibility index (Phi) is 5.28. The zero-order chi connectivity index (χ0) is 20.2.